The fourth-order valence-corrected chi connectivity index (χ4v) is 2.72. The quantitative estimate of drug-likeness (QED) is 0.225. The number of nitrogens with zero attached hydrogens (tertiary/aromatic N) is 5. The zero-order chi connectivity index (χ0) is 19.9. The molecule has 29 heavy (non-hydrogen) atoms. The van der Waals surface area contributed by atoms with Crippen molar-refractivity contribution >= 4 is 38.6 Å². The van der Waals surface area contributed by atoms with E-state index in [1.165, 1.54) is 13.1 Å². The maximum absolute atomic E-state index is 12.3. The van der Waals surface area contributed by atoms with Gasteiger partial charge in [-0.2, -0.15) is 4.98 Å². The standard InChI is InChI=1S/C13H10N6O7S.2Na/c1-19-7-3-2-5(27(24,25)26)4-6(7)9(20)8(11(19)21)15-17-13-14-10(12(22)23)16-18-13;;/h2-4,20H,1H3,(H,22,23)(H,14,16,18)(H,24,25,26);;/q;2*+1/p-2. The molecule has 0 saturated carbocycles. The number of H-pyrrole nitrogens is 1. The number of hydrogen-bond acceptors (Lipinski definition) is 11. The van der Waals surface area contributed by atoms with Gasteiger partial charge in [0, 0.05) is 12.4 Å². The fraction of sp³-hybridized carbons (Fsp3) is 0.0769. The Kier molecular flexibility index (Phi) is 8.26. The summed E-state index contributed by atoms with van der Waals surface area (Å²) in [6.45, 7) is 0. The van der Waals surface area contributed by atoms with Crippen LogP contribution in [0.4, 0.5) is 11.6 Å². The van der Waals surface area contributed by atoms with Crippen LogP contribution < -0.4 is 69.8 Å². The third-order valence-corrected chi connectivity index (χ3v) is 4.34. The van der Waals surface area contributed by atoms with Crippen LogP contribution in [0.1, 0.15) is 10.6 Å². The number of benzene rings is 1. The maximum Gasteiger partial charge on any atom is 1.00 e. The molecule has 140 valence electrons. The predicted octanol–water partition coefficient (Wildman–Crippen LogP) is -6.95. The van der Waals surface area contributed by atoms with Crippen molar-refractivity contribution in [2.45, 2.75) is 4.90 Å². The number of carboxylic acid groups (broad SMARTS) is 1. The minimum absolute atomic E-state index is 0. The molecule has 0 aliphatic carbocycles. The number of fused-ring (bicyclic) bond motifs is 1. The van der Waals surface area contributed by atoms with Gasteiger partial charge in [-0.15, -0.1) is 15.3 Å². The molecule has 0 unspecified atom stereocenters. The van der Waals surface area contributed by atoms with Gasteiger partial charge >= 0.3 is 59.1 Å². The van der Waals surface area contributed by atoms with Gasteiger partial charge in [-0.1, -0.05) is 0 Å². The van der Waals surface area contributed by atoms with Crippen molar-refractivity contribution < 1.29 is 87.1 Å². The van der Waals surface area contributed by atoms with Crippen LogP contribution in [0.3, 0.4) is 0 Å². The molecule has 16 heteroatoms. The van der Waals surface area contributed by atoms with Gasteiger partial charge < -0.3 is 24.1 Å². The van der Waals surface area contributed by atoms with Crippen LogP contribution in [0, 0.1) is 0 Å². The number of aromatic hydroxyl groups is 1. The Labute approximate surface area is 206 Å². The second-order valence-corrected chi connectivity index (χ2v) is 6.55. The van der Waals surface area contributed by atoms with Crippen molar-refractivity contribution in [3.63, 3.8) is 0 Å². The number of aromatic nitrogens is 4. The van der Waals surface area contributed by atoms with Crippen molar-refractivity contribution in [2.75, 3.05) is 0 Å². The van der Waals surface area contributed by atoms with Gasteiger partial charge in [-0.05, 0) is 18.2 Å². The molecule has 2 N–H and O–H groups in total. The van der Waals surface area contributed by atoms with E-state index in [1.54, 1.807) is 0 Å². The molecule has 0 spiro atoms. The van der Waals surface area contributed by atoms with Crippen LogP contribution in [0.25, 0.3) is 10.9 Å². The predicted molar refractivity (Wildman–Crippen MR) is 83.7 cm³/mol. The monoisotopic (exact) mass is 438 g/mol. The molecule has 3 rings (SSSR count). The number of azo groups is 1. The van der Waals surface area contributed by atoms with Crippen molar-refractivity contribution in [3.05, 3.63) is 34.4 Å². The molecule has 0 radical (unpaired) electrons. The first-order valence-corrected chi connectivity index (χ1v) is 8.37. The van der Waals surface area contributed by atoms with Gasteiger partial charge in [0.2, 0.25) is 0 Å². The van der Waals surface area contributed by atoms with Gasteiger partial charge in [0.05, 0.1) is 10.4 Å². The molecule has 0 saturated heterocycles. The Bertz CT molecular complexity index is 1280. The molecule has 2 aromatic heterocycles. The van der Waals surface area contributed by atoms with E-state index in [-0.39, 0.29) is 70.0 Å². The Morgan fingerprint density at radius 2 is 1.93 bits per heavy atom. The van der Waals surface area contributed by atoms with E-state index < -0.39 is 49.8 Å². The van der Waals surface area contributed by atoms with Crippen molar-refractivity contribution in [2.24, 2.45) is 17.3 Å². The molecular weight excluding hydrogens is 430 g/mol. The van der Waals surface area contributed by atoms with Crippen LogP contribution in [0.2, 0.25) is 0 Å². The van der Waals surface area contributed by atoms with Crippen molar-refractivity contribution in [1.82, 2.24) is 19.7 Å². The molecule has 2 heterocycles. The van der Waals surface area contributed by atoms with E-state index in [4.69, 9.17) is 0 Å². The van der Waals surface area contributed by atoms with Gasteiger partial charge in [0.1, 0.15) is 16.1 Å². The van der Waals surface area contributed by atoms with Gasteiger partial charge in [0.25, 0.3) is 11.5 Å². The first kappa shape index (κ1) is 25.4. The Morgan fingerprint density at radius 3 is 2.48 bits per heavy atom. The summed E-state index contributed by atoms with van der Waals surface area (Å²) in [7, 11) is -3.47. The number of nitrogens with one attached hydrogen (secondary N) is 1. The summed E-state index contributed by atoms with van der Waals surface area (Å²) in [5.74, 6) is -3.44. The van der Waals surface area contributed by atoms with E-state index in [2.05, 4.69) is 20.3 Å². The van der Waals surface area contributed by atoms with Crippen molar-refractivity contribution in [3.8, 4) is 5.75 Å². The normalized spacial score (nSPS) is 11.2. The number of rotatable bonds is 4. The number of carbonyl (C=O) groups is 1. The third-order valence-electron chi connectivity index (χ3n) is 3.51. The fourth-order valence-electron chi connectivity index (χ4n) is 2.22. The molecule has 1 aromatic carbocycles. The second-order valence-electron chi connectivity index (χ2n) is 5.17. The van der Waals surface area contributed by atoms with E-state index in [1.807, 2.05) is 5.10 Å². The van der Waals surface area contributed by atoms with Crippen LogP contribution in [-0.4, -0.2) is 43.8 Å². The summed E-state index contributed by atoms with van der Waals surface area (Å²) >= 11 is 0. The number of carboxylic acids is 1. The number of hydrogen-bond donors (Lipinski definition) is 2. The number of aromatic amines is 1. The molecule has 3 aromatic rings. The second kappa shape index (κ2) is 9.44. The Balaban J connectivity index is 0.00000210. The van der Waals surface area contributed by atoms with Gasteiger partial charge in [0.15, 0.2) is 17.3 Å². The van der Waals surface area contributed by atoms with E-state index in [0.717, 1.165) is 16.7 Å². The van der Waals surface area contributed by atoms with Crippen LogP contribution in [0.15, 0.2) is 38.1 Å². The molecule has 0 aliphatic heterocycles. The maximum atomic E-state index is 12.3. The first-order chi connectivity index (χ1) is 12.6. The molecule has 0 fully saturated rings. The minimum Gasteiger partial charge on any atom is -0.744 e. The SMILES string of the molecule is Cn1c(=O)c(N=Nc2n[nH]c(C(=O)[O-])n2)c(O)c2cc(S(=O)(=O)[O-])ccc21.[Na+].[Na+]. The summed E-state index contributed by atoms with van der Waals surface area (Å²) in [6.07, 6.45) is 0. The zero-order valence-electron chi connectivity index (χ0n) is 15.3. The third kappa shape index (κ3) is 5.10. The number of pyridine rings is 1. The largest absolute Gasteiger partial charge is 1.00 e. The van der Waals surface area contributed by atoms with E-state index >= 15 is 0 Å². The van der Waals surface area contributed by atoms with E-state index in [0.29, 0.717) is 0 Å². The van der Waals surface area contributed by atoms with Gasteiger partial charge in [-0.3, -0.25) is 9.89 Å². The average Bonchev–Trinajstić information content (AvgIpc) is 3.08. The topological polar surface area (TPSA) is 206 Å². The molecule has 0 amide bonds. The van der Waals surface area contributed by atoms with Crippen LogP contribution in [0.5, 0.6) is 5.75 Å². The van der Waals surface area contributed by atoms with E-state index in [9.17, 15) is 32.8 Å². The molecule has 0 atom stereocenters. The van der Waals surface area contributed by atoms with Crippen molar-refractivity contribution in [1.29, 1.82) is 0 Å². The Morgan fingerprint density at radius 1 is 1.28 bits per heavy atom. The summed E-state index contributed by atoms with van der Waals surface area (Å²) in [6, 6.07) is 3.08. The summed E-state index contributed by atoms with van der Waals surface area (Å²) in [5.41, 5.74) is -1.25. The summed E-state index contributed by atoms with van der Waals surface area (Å²) in [4.78, 5) is 25.8. The molecule has 0 aliphatic rings. The molecule has 0 bridgehead atoms. The average molecular weight is 438 g/mol. The number of aryl methyl sites for hydroxylation is 1. The Hall–Kier alpha value is -1.65. The number of carbonyl (C=O) groups excluding carboxylic acids is 1. The van der Waals surface area contributed by atoms with Crippen LogP contribution >= 0.6 is 0 Å². The summed E-state index contributed by atoms with van der Waals surface area (Å²) in [5, 5.41) is 33.2. The smallest absolute Gasteiger partial charge is 0.744 e. The molecule has 13 nitrogen and oxygen atoms in total. The zero-order valence-corrected chi connectivity index (χ0v) is 20.1. The summed E-state index contributed by atoms with van der Waals surface area (Å²) < 4.78 is 34.6. The number of aromatic carboxylic acids is 1. The van der Waals surface area contributed by atoms with Crippen LogP contribution in [-0.2, 0) is 17.2 Å². The van der Waals surface area contributed by atoms with Gasteiger partial charge in [-0.25, -0.2) is 8.42 Å². The molecular formula is C13H8N6Na2O7S. The first-order valence-electron chi connectivity index (χ1n) is 6.96. The minimum atomic E-state index is -4.80.